The highest BCUT2D eigenvalue weighted by atomic mass is 32.1. The lowest BCUT2D eigenvalue weighted by Gasteiger charge is -2.27. The minimum absolute atomic E-state index is 0.0103. The number of nitro groups is 1. The third-order valence-electron chi connectivity index (χ3n) is 2.63. The fraction of sp³-hybridized carbons (Fsp3) is 0.500. The fourth-order valence-corrected chi connectivity index (χ4v) is 2.17. The first kappa shape index (κ1) is 13.6. The lowest BCUT2D eigenvalue weighted by molar-refractivity contribution is -0.380. The molecule has 17 heavy (non-hydrogen) atoms. The molecule has 0 bridgehead atoms. The number of thiophene rings is 1. The summed E-state index contributed by atoms with van der Waals surface area (Å²) >= 11 is 0.990. The summed E-state index contributed by atoms with van der Waals surface area (Å²) in [5.74, 6) is -0.446. The first-order valence-electron chi connectivity index (χ1n) is 4.87. The van der Waals surface area contributed by atoms with Crippen LogP contribution in [0.25, 0.3) is 0 Å². The second-order valence-electron chi connectivity index (χ2n) is 4.17. The number of carbonyl (C=O) groups excluding carboxylic acids is 1. The van der Waals surface area contributed by atoms with Gasteiger partial charge in [-0.15, -0.1) is 0 Å². The molecule has 1 rings (SSSR count). The number of rotatable bonds is 4. The van der Waals surface area contributed by atoms with E-state index in [1.165, 1.54) is 13.2 Å². The molecule has 0 aliphatic heterocycles. The summed E-state index contributed by atoms with van der Waals surface area (Å²) < 4.78 is 4.66. The highest BCUT2D eigenvalue weighted by Gasteiger charge is 2.37. The summed E-state index contributed by atoms with van der Waals surface area (Å²) in [4.78, 5) is 21.6. The number of nitrogens with zero attached hydrogens (tertiary/aromatic N) is 1. The Labute approximate surface area is 103 Å². The monoisotopic (exact) mass is 258 g/mol. The van der Waals surface area contributed by atoms with Crippen LogP contribution in [0.1, 0.15) is 25.5 Å². The largest absolute Gasteiger partial charge is 0.469 e. The lowest BCUT2D eigenvalue weighted by atomic mass is 9.82. The van der Waals surface area contributed by atoms with Crippen molar-refractivity contribution >= 4 is 22.3 Å². The molecule has 0 aliphatic carbocycles. The molecule has 1 heterocycles. The number of hydrogen-bond acceptors (Lipinski definition) is 6. The third kappa shape index (κ3) is 2.62. The average Bonchev–Trinajstić information content (AvgIpc) is 2.75. The van der Waals surface area contributed by atoms with Crippen molar-refractivity contribution < 1.29 is 14.5 Å². The van der Waals surface area contributed by atoms with Gasteiger partial charge < -0.3 is 10.5 Å². The van der Waals surface area contributed by atoms with Crippen molar-refractivity contribution in [2.75, 3.05) is 7.11 Å². The summed E-state index contributed by atoms with van der Waals surface area (Å²) in [7, 11) is 1.28. The van der Waals surface area contributed by atoms with Crippen LogP contribution in [0.4, 0.5) is 5.00 Å². The summed E-state index contributed by atoms with van der Waals surface area (Å²) in [6.07, 6.45) is 0. The van der Waals surface area contributed by atoms with Crippen LogP contribution in [-0.2, 0) is 9.53 Å². The average molecular weight is 258 g/mol. The van der Waals surface area contributed by atoms with Crippen molar-refractivity contribution in [2.24, 2.45) is 11.1 Å². The first-order chi connectivity index (χ1) is 7.80. The van der Waals surface area contributed by atoms with Crippen LogP contribution in [0.5, 0.6) is 0 Å². The van der Waals surface area contributed by atoms with E-state index < -0.39 is 22.3 Å². The molecule has 0 saturated carbocycles. The van der Waals surface area contributed by atoms with Crippen molar-refractivity contribution in [2.45, 2.75) is 19.9 Å². The maximum absolute atomic E-state index is 11.6. The Balaban J connectivity index is 2.99. The molecule has 2 N–H and O–H groups in total. The van der Waals surface area contributed by atoms with Gasteiger partial charge in [-0.1, -0.05) is 11.3 Å². The molecule has 1 aromatic rings. The molecular formula is C10H14N2O4S. The summed E-state index contributed by atoms with van der Waals surface area (Å²) in [6, 6.07) is 0.750. The Morgan fingerprint density at radius 3 is 2.65 bits per heavy atom. The Morgan fingerprint density at radius 1 is 1.65 bits per heavy atom. The predicted molar refractivity (Wildman–Crippen MR) is 63.7 cm³/mol. The van der Waals surface area contributed by atoms with Crippen LogP contribution in [0.15, 0.2) is 11.4 Å². The Kier molecular flexibility index (Phi) is 3.84. The van der Waals surface area contributed by atoms with Gasteiger partial charge in [-0.05, 0) is 19.4 Å². The number of ether oxygens (including phenoxy) is 1. The molecule has 0 unspecified atom stereocenters. The minimum atomic E-state index is -0.927. The van der Waals surface area contributed by atoms with Crippen molar-refractivity contribution in [1.82, 2.24) is 0 Å². The highest BCUT2D eigenvalue weighted by Crippen LogP contribution is 2.36. The van der Waals surface area contributed by atoms with E-state index in [2.05, 4.69) is 4.74 Å². The van der Waals surface area contributed by atoms with E-state index in [1.807, 2.05) is 0 Å². The zero-order valence-corrected chi connectivity index (χ0v) is 10.6. The molecule has 0 amide bonds. The standard InChI is InChI=1S/C10H14N2O4S/c1-10(2,9(13)16-3)8(11)6-4-7(12(14)15)17-5-6/h4-5,8H,11H2,1-3H3/t8-/m0/s1. The van der Waals surface area contributed by atoms with E-state index in [-0.39, 0.29) is 5.00 Å². The Hall–Kier alpha value is -1.47. The smallest absolute Gasteiger partial charge is 0.324 e. The van der Waals surface area contributed by atoms with Crippen molar-refractivity contribution in [1.29, 1.82) is 0 Å². The van der Waals surface area contributed by atoms with Gasteiger partial charge in [0.25, 0.3) is 0 Å². The zero-order chi connectivity index (χ0) is 13.2. The van der Waals surface area contributed by atoms with Crippen LogP contribution in [0.2, 0.25) is 0 Å². The summed E-state index contributed by atoms with van der Waals surface area (Å²) in [5.41, 5.74) is 5.59. The molecule has 0 aromatic carbocycles. The topological polar surface area (TPSA) is 95.5 Å². The van der Waals surface area contributed by atoms with Gasteiger partial charge >= 0.3 is 11.0 Å². The first-order valence-corrected chi connectivity index (χ1v) is 5.75. The molecule has 94 valence electrons. The van der Waals surface area contributed by atoms with Crippen LogP contribution in [0.3, 0.4) is 0 Å². The molecule has 0 fully saturated rings. The zero-order valence-electron chi connectivity index (χ0n) is 9.80. The minimum Gasteiger partial charge on any atom is -0.469 e. The van der Waals surface area contributed by atoms with E-state index in [1.54, 1.807) is 19.2 Å². The summed E-state index contributed by atoms with van der Waals surface area (Å²) in [6.45, 7) is 3.29. The van der Waals surface area contributed by atoms with E-state index >= 15 is 0 Å². The molecule has 0 aliphatic rings. The Bertz CT molecular complexity index is 441. The fourth-order valence-electron chi connectivity index (χ4n) is 1.40. The van der Waals surface area contributed by atoms with Crippen molar-refractivity contribution in [3.05, 3.63) is 27.1 Å². The molecule has 1 atom stereocenters. The van der Waals surface area contributed by atoms with Crippen LogP contribution in [-0.4, -0.2) is 18.0 Å². The molecular weight excluding hydrogens is 244 g/mol. The van der Waals surface area contributed by atoms with Crippen molar-refractivity contribution in [3.63, 3.8) is 0 Å². The van der Waals surface area contributed by atoms with Crippen molar-refractivity contribution in [3.8, 4) is 0 Å². The van der Waals surface area contributed by atoms with Gasteiger partial charge in [0.2, 0.25) is 0 Å². The van der Waals surface area contributed by atoms with Gasteiger partial charge in [-0.2, -0.15) is 0 Å². The number of hydrogen-bond donors (Lipinski definition) is 1. The second-order valence-corrected chi connectivity index (χ2v) is 5.06. The van der Waals surface area contributed by atoms with Gasteiger partial charge in [0.05, 0.1) is 17.4 Å². The van der Waals surface area contributed by atoms with Gasteiger partial charge in [0.15, 0.2) is 0 Å². The molecule has 1 aromatic heterocycles. The quantitative estimate of drug-likeness (QED) is 0.505. The molecule has 0 spiro atoms. The highest BCUT2D eigenvalue weighted by molar-refractivity contribution is 7.13. The molecule has 6 nitrogen and oxygen atoms in total. The lowest BCUT2D eigenvalue weighted by Crippen LogP contribution is -2.37. The van der Waals surface area contributed by atoms with Gasteiger partial charge in [-0.25, -0.2) is 0 Å². The van der Waals surface area contributed by atoms with E-state index in [4.69, 9.17) is 5.73 Å². The Morgan fingerprint density at radius 2 is 2.24 bits per heavy atom. The third-order valence-corrected chi connectivity index (χ3v) is 3.53. The van der Waals surface area contributed by atoms with Crippen LogP contribution in [0, 0.1) is 15.5 Å². The number of nitrogens with two attached hydrogens (primary N) is 1. The van der Waals surface area contributed by atoms with Crippen LogP contribution >= 0.6 is 11.3 Å². The normalized spacial score (nSPS) is 13.2. The maximum atomic E-state index is 11.6. The number of methoxy groups -OCH3 is 1. The number of carbonyl (C=O) groups is 1. The van der Waals surface area contributed by atoms with Gasteiger partial charge in [0.1, 0.15) is 0 Å². The predicted octanol–water partition coefficient (Wildman–Crippen LogP) is 1.86. The van der Waals surface area contributed by atoms with E-state index in [0.29, 0.717) is 5.56 Å². The SMILES string of the molecule is COC(=O)C(C)(C)[C@@H](N)c1csc([N+](=O)[O-])c1. The molecule has 0 saturated heterocycles. The van der Waals surface area contributed by atoms with E-state index in [9.17, 15) is 14.9 Å². The van der Waals surface area contributed by atoms with Gasteiger partial charge in [0, 0.05) is 17.5 Å². The maximum Gasteiger partial charge on any atom is 0.324 e. The number of esters is 1. The van der Waals surface area contributed by atoms with Gasteiger partial charge in [-0.3, -0.25) is 14.9 Å². The van der Waals surface area contributed by atoms with E-state index in [0.717, 1.165) is 11.3 Å². The second kappa shape index (κ2) is 4.80. The molecule has 0 radical (unpaired) electrons. The van der Waals surface area contributed by atoms with Crippen LogP contribution < -0.4 is 5.73 Å². The molecule has 7 heteroatoms. The summed E-state index contributed by atoms with van der Waals surface area (Å²) in [5, 5.41) is 12.2.